The number of ether oxygens (including phenoxy) is 2. The predicted octanol–water partition coefficient (Wildman–Crippen LogP) is 7.72. The number of aryl methyl sites for hydroxylation is 1. The molecule has 0 fully saturated rings. The molecule has 6 aromatic carbocycles. The average molecular weight is 512 g/mol. The van der Waals surface area contributed by atoms with Crippen LogP contribution in [0.2, 0.25) is 0 Å². The largest absolute Gasteiger partial charge is 0.458 e. The van der Waals surface area contributed by atoms with Crippen LogP contribution in [0, 0.1) is 6.92 Å². The van der Waals surface area contributed by atoms with Crippen LogP contribution in [0.25, 0.3) is 33.4 Å². The van der Waals surface area contributed by atoms with E-state index in [1.54, 1.807) is 0 Å². The van der Waals surface area contributed by atoms with Gasteiger partial charge >= 0.3 is 0 Å². The molecule has 0 aromatic heterocycles. The number of para-hydroxylation sites is 2. The van der Waals surface area contributed by atoms with Crippen LogP contribution in [-0.2, 0) is 0 Å². The van der Waals surface area contributed by atoms with Crippen molar-refractivity contribution in [2.75, 3.05) is 0 Å². The van der Waals surface area contributed by atoms with Gasteiger partial charge in [0.25, 0.3) is 6.71 Å². The predicted molar refractivity (Wildman–Crippen MR) is 165 cm³/mol. The van der Waals surface area contributed by atoms with E-state index < -0.39 is 0 Å². The molecule has 0 atom stereocenters. The first kappa shape index (κ1) is 22.9. The van der Waals surface area contributed by atoms with Gasteiger partial charge in [-0.1, -0.05) is 121 Å². The lowest BCUT2D eigenvalue weighted by Gasteiger charge is -2.35. The second kappa shape index (κ2) is 9.03. The first-order valence-electron chi connectivity index (χ1n) is 13.7. The summed E-state index contributed by atoms with van der Waals surface area (Å²) in [5, 5.41) is 0. The molecule has 0 radical (unpaired) electrons. The molecule has 2 aliphatic rings. The summed E-state index contributed by atoms with van der Waals surface area (Å²) >= 11 is 0. The monoisotopic (exact) mass is 512 g/mol. The number of fused-ring (bicyclic) bond motifs is 4. The van der Waals surface area contributed by atoms with Crippen molar-refractivity contribution in [1.29, 1.82) is 0 Å². The summed E-state index contributed by atoms with van der Waals surface area (Å²) in [6.45, 7) is 2.14. The van der Waals surface area contributed by atoms with Crippen molar-refractivity contribution in [2.24, 2.45) is 0 Å². The van der Waals surface area contributed by atoms with Crippen molar-refractivity contribution >= 4 is 23.1 Å². The van der Waals surface area contributed by atoms with Crippen LogP contribution in [0.4, 0.5) is 0 Å². The van der Waals surface area contributed by atoms with Crippen LogP contribution in [-0.4, -0.2) is 6.71 Å². The van der Waals surface area contributed by atoms with E-state index in [9.17, 15) is 0 Å². The third kappa shape index (κ3) is 3.44. The highest BCUT2D eigenvalue weighted by atomic mass is 16.5. The summed E-state index contributed by atoms with van der Waals surface area (Å²) in [5.74, 6) is 3.56. The molecule has 40 heavy (non-hydrogen) atoms. The summed E-state index contributed by atoms with van der Waals surface area (Å²) in [5.41, 5.74) is 11.4. The van der Waals surface area contributed by atoms with Crippen LogP contribution >= 0.6 is 0 Å². The molecule has 2 aliphatic heterocycles. The molecule has 0 bridgehead atoms. The van der Waals surface area contributed by atoms with Crippen LogP contribution in [0.1, 0.15) is 5.56 Å². The average Bonchev–Trinajstić information content (AvgIpc) is 3.01. The SMILES string of the molecule is Cc1ccccc1-c1cccc2c1Oc1c(-c3ccccc3)ccc3c1B2c1cccc(-c2ccccc2)c1O3. The Labute approximate surface area is 234 Å². The van der Waals surface area contributed by atoms with Gasteiger partial charge in [-0.15, -0.1) is 0 Å². The maximum Gasteiger partial charge on any atom is 0.260 e. The Balaban J connectivity index is 1.43. The number of rotatable bonds is 3. The smallest absolute Gasteiger partial charge is 0.260 e. The van der Waals surface area contributed by atoms with Gasteiger partial charge in [0.2, 0.25) is 0 Å². The van der Waals surface area contributed by atoms with Crippen molar-refractivity contribution in [3.8, 4) is 56.4 Å². The Kier molecular flexibility index (Phi) is 5.18. The molecular weight excluding hydrogens is 487 g/mol. The van der Waals surface area contributed by atoms with E-state index in [2.05, 4.69) is 128 Å². The van der Waals surface area contributed by atoms with Gasteiger partial charge in [0, 0.05) is 22.2 Å². The Morgan fingerprint density at radius 1 is 0.425 bits per heavy atom. The van der Waals surface area contributed by atoms with E-state index >= 15 is 0 Å². The van der Waals surface area contributed by atoms with Crippen molar-refractivity contribution in [3.05, 3.63) is 139 Å². The fourth-order valence-electron chi connectivity index (χ4n) is 6.31. The number of benzene rings is 6. The molecular formula is C37H25BO2. The van der Waals surface area contributed by atoms with Crippen LogP contribution < -0.4 is 25.9 Å². The minimum Gasteiger partial charge on any atom is -0.458 e. The third-order valence-corrected chi connectivity index (χ3v) is 8.18. The van der Waals surface area contributed by atoms with E-state index in [-0.39, 0.29) is 6.71 Å². The highest BCUT2D eigenvalue weighted by Gasteiger charge is 2.42. The molecule has 3 heteroatoms. The first-order chi connectivity index (χ1) is 19.8. The Morgan fingerprint density at radius 3 is 1.65 bits per heavy atom. The fraction of sp³-hybridized carbons (Fsp3) is 0.0270. The fourth-order valence-corrected chi connectivity index (χ4v) is 6.31. The molecule has 6 aromatic rings. The maximum absolute atomic E-state index is 7.00. The highest BCUT2D eigenvalue weighted by molar-refractivity contribution is 6.98. The second-order valence-corrected chi connectivity index (χ2v) is 10.5. The molecule has 8 rings (SSSR count). The summed E-state index contributed by atoms with van der Waals surface area (Å²) in [6, 6.07) is 46.8. The summed E-state index contributed by atoms with van der Waals surface area (Å²) in [7, 11) is 0. The molecule has 0 N–H and O–H groups in total. The molecule has 2 heterocycles. The van der Waals surface area contributed by atoms with Gasteiger partial charge in [-0.2, -0.15) is 0 Å². The topological polar surface area (TPSA) is 18.5 Å². The van der Waals surface area contributed by atoms with E-state index in [0.717, 1.165) is 67.2 Å². The van der Waals surface area contributed by atoms with Gasteiger partial charge in [0.15, 0.2) is 0 Å². The second-order valence-electron chi connectivity index (χ2n) is 10.5. The normalized spacial score (nSPS) is 12.5. The summed E-state index contributed by atoms with van der Waals surface area (Å²) < 4.78 is 13.8. The lowest BCUT2D eigenvalue weighted by Crippen LogP contribution is -2.57. The zero-order valence-electron chi connectivity index (χ0n) is 22.1. The number of hydrogen-bond acceptors (Lipinski definition) is 2. The van der Waals surface area contributed by atoms with Crippen LogP contribution in [0.3, 0.4) is 0 Å². The van der Waals surface area contributed by atoms with Crippen molar-refractivity contribution in [2.45, 2.75) is 6.92 Å². The van der Waals surface area contributed by atoms with Gasteiger partial charge < -0.3 is 9.47 Å². The third-order valence-electron chi connectivity index (χ3n) is 8.18. The van der Waals surface area contributed by atoms with E-state index in [4.69, 9.17) is 9.47 Å². The Bertz CT molecular complexity index is 1910. The molecule has 0 saturated carbocycles. The summed E-state index contributed by atoms with van der Waals surface area (Å²) in [6.07, 6.45) is 0. The van der Waals surface area contributed by atoms with Crippen molar-refractivity contribution < 1.29 is 9.47 Å². The van der Waals surface area contributed by atoms with Gasteiger partial charge in [-0.05, 0) is 52.2 Å². The first-order valence-corrected chi connectivity index (χ1v) is 13.7. The van der Waals surface area contributed by atoms with Gasteiger partial charge in [-0.25, -0.2) is 0 Å². The summed E-state index contributed by atoms with van der Waals surface area (Å²) in [4.78, 5) is 0. The lowest BCUT2D eigenvalue weighted by atomic mass is 9.34. The lowest BCUT2D eigenvalue weighted by molar-refractivity contribution is 0.467. The molecule has 2 nitrogen and oxygen atoms in total. The molecule has 0 aliphatic carbocycles. The van der Waals surface area contributed by atoms with E-state index in [0.29, 0.717) is 0 Å². The standard InChI is InChI=1S/C37H25BO2/c1-24-12-8-9-17-27(24)30-19-11-21-32-36(30)40-37-29(26-15-6-3-7-16-26)22-23-33-34(37)38(32)31-20-10-18-28(35(31)39-33)25-13-4-2-5-14-25/h2-23H,1H3. The molecule has 0 amide bonds. The van der Waals surface area contributed by atoms with Gasteiger partial charge in [0.05, 0.1) is 0 Å². The van der Waals surface area contributed by atoms with Crippen molar-refractivity contribution in [3.63, 3.8) is 0 Å². The molecule has 188 valence electrons. The van der Waals surface area contributed by atoms with Crippen molar-refractivity contribution in [1.82, 2.24) is 0 Å². The highest BCUT2D eigenvalue weighted by Crippen LogP contribution is 2.45. The Morgan fingerprint density at radius 2 is 0.975 bits per heavy atom. The maximum atomic E-state index is 7.00. The quantitative estimate of drug-likeness (QED) is 0.226. The number of hydrogen-bond donors (Lipinski definition) is 0. The minimum atomic E-state index is -0.0196. The zero-order valence-corrected chi connectivity index (χ0v) is 22.1. The molecule has 0 saturated heterocycles. The van der Waals surface area contributed by atoms with E-state index in [1.807, 2.05) is 12.1 Å². The Hall–Kier alpha value is -5.02. The molecule has 0 unspecified atom stereocenters. The van der Waals surface area contributed by atoms with E-state index in [1.165, 1.54) is 11.1 Å². The molecule has 0 spiro atoms. The van der Waals surface area contributed by atoms with Crippen LogP contribution in [0.15, 0.2) is 133 Å². The zero-order chi connectivity index (χ0) is 26.6. The van der Waals surface area contributed by atoms with Crippen LogP contribution in [0.5, 0.6) is 23.0 Å². The van der Waals surface area contributed by atoms with Gasteiger partial charge in [-0.3, -0.25) is 0 Å². The van der Waals surface area contributed by atoms with Gasteiger partial charge in [0.1, 0.15) is 23.0 Å². The minimum absolute atomic E-state index is 0.0196.